The van der Waals surface area contributed by atoms with Crippen LogP contribution in [0.25, 0.3) is 0 Å². The van der Waals surface area contributed by atoms with Gasteiger partial charge in [-0.15, -0.1) is 0 Å². The third-order valence-electron chi connectivity index (χ3n) is 3.62. The van der Waals surface area contributed by atoms with Crippen molar-refractivity contribution in [1.29, 1.82) is 0 Å². The highest BCUT2D eigenvalue weighted by atomic mass is 19.2. The van der Waals surface area contributed by atoms with Gasteiger partial charge in [0.25, 0.3) is 0 Å². The lowest BCUT2D eigenvalue weighted by Crippen LogP contribution is -2.39. The summed E-state index contributed by atoms with van der Waals surface area (Å²) in [4.78, 5) is 11.9. The molecule has 0 atom stereocenters. The molecule has 0 amide bonds. The van der Waals surface area contributed by atoms with E-state index in [4.69, 9.17) is 5.73 Å². The van der Waals surface area contributed by atoms with Gasteiger partial charge in [0, 0.05) is 12.0 Å². The van der Waals surface area contributed by atoms with Crippen LogP contribution in [0.4, 0.5) is 8.78 Å². The summed E-state index contributed by atoms with van der Waals surface area (Å²) in [6.07, 6.45) is 3.30. The van der Waals surface area contributed by atoms with E-state index >= 15 is 0 Å². The smallest absolute Gasteiger partial charge is 0.163 e. The fourth-order valence-corrected chi connectivity index (χ4v) is 2.24. The summed E-state index contributed by atoms with van der Waals surface area (Å²) in [6, 6.07) is 3.27. The lowest BCUT2D eigenvalue weighted by molar-refractivity contribution is 0.0785. The predicted molar refractivity (Wildman–Crippen MR) is 60.6 cm³/mol. The molecular formula is C13H15F2NO. The van der Waals surface area contributed by atoms with Gasteiger partial charge in [0.15, 0.2) is 17.4 Å². The second-order valence-electron chi connectivity index (χ2n) is 4.79. The zero-order valence-corrected chi connectivity index (χ0v) is 9.51. The highest BCUT2D eigenvalue weighted by molar-refractivity contribution is 5.96. The number of carbonyl (C=O) groups excluding carboxylic acids is 1. The predicted octanol–water partition coefficient (Wildman–Crippen LogP) is 2.67. The van der Waals surface area contributed by atoms with Crippen LogP contribution >= 0.6 is 0 Å². The Kier molecular flexibility index (Phi) is 3.24. The molecule has 0 heterocycles. The van der Waals surface area contributed by atoms with Crippen molar-refractivity contribution in [3.8, 4) is 0 Å². The van der Waals surface area contributed by atoms with E-state index in [0.29, 0.717) is 13.0 Å². The van der Waals surface area contributed by atoms with Crippen LogP contribution in [0.15, 0.2) is 18.2 Å². The zero-order chi connectivity index (χ0) is 12.5. The number of benzene rings is 1. The van der Waals surface area contributed by atoms with Crippen LogP contribution in [0.1, 0.15) is 36.0 Å². The summed E-state index contributed by atoms with van der Waals surface area (Å²) in [7, 11) is 0. The molecule has 1 aromatic rings. The third kappa shape index (κ3) is 2.36. The first-order valence-corrected chi connectivity index (χ1v) is 5.75. The lowest BCUT2D eigenvalue weighted by Gasteiger charge is -2.40. The quantitative estimate of drug-likeness (QED) is 0.821. The van der Waals surface area contributed by atoms with Crippen molar-refractivity contribution in [3.63, 3.8) is 0 Å². The van der Waals surface area contributed by atoms with Gasteiger partial charge in [-0.05, 0) is 43.0 Å². The molecule has 1 aliphatic rings. The van der Waals surface area contributed by atoms with Crippen LogP contribution in [0.5, 0.6) is 0 Å². The summed E-state index contributed by atoms with van der Waals surface area (Å²) in [5.41, 5.74) is 5.78. The van der Waals surface area contributed by atoms with Crippen LogP contribution in [0.3, 0.4) is 0 Å². The van der Waals surface area contributed by atoms with Crippen LogP contribution < -0.4 is 5.73 Å². The van der Waals surface area contributed by atoms with Crippen LogP contribution in [-0.2, 0) is 0 Å². The van der Waals surface area contributed by atoms with Crippen LogP contribution in [0, 0.1) is 17.0 Å². The summed E-state index contributed by atoms with van der Waals surface area (Å²) in [5.74, 6) is -2.07. The van der Waals surface area contributed by atoms with Gasteiger partial charge in [-0.2, -0.15) is 0 Å². The van der Waals surface area contributed by atoms with Gasteiger partial charge in [0.05, 0.1) is 0 Å². The molecule has 1 saturated carbocycles. The molecule has 4 heteroatoms. The number of hydrogen-bond donors (Lipinski definition) is 1. The molecule has 92 valence electrons. The summed E-state index contributed by atoms with van der Waals surface area (Å²) in [5, 5.41) is 0. The molecule has 0 aromatic heterocycles. The standard InChI is InChI=1S/C13H15F2NO/c14-10-3-2-9(6-11(10)15)12(17)7-13(8-16)4-1-5-13/h2-3,6H,1,4-5,7-8,16H2. The molecule has 0 unspecified atom stereocenters. The fourth-order valence-electron chi connectivity index (χ4n) is 2.24. The van der Waals surface area contributed by atoms with Gasteiger partial charge < -0.3 is 5.73 Å². The SMILES string of the molecule is NCC1(CC(=O)c2ccc(F)c(F)c2)CCC1. The molecule has 0 bridgehead atoms. The van der Waals surface area contributed by atoms with E-state index in [1.165, 1.54) is 6.07 Å². The molecule has 17 heavy (non-hydrogen) atoms. The Labute approximate surface area is 98.8 Å². The Bertz CT molecular complexity index is 436. The van der Waals surface area contributed by atoms with Crippen molar-refractivity contribution >= 4 is 5.78 Å². The maximum absolute atomic E-state index is 13.0. The van der Waals surface area contributed by atoms with E-state index in [1.807, 2.05) is 0 Å². The van der Waals surface area contributed by atoms with Gasteiger partial charge in [-0.3, -0.25) is 4.79 Å². The van der Waals surface area contributed by atoms with Gasteiger partial charge in [0.1, 0.15) is 0 Å². The average molecular weight is 239 g/mol. The molecule has 2 nitrogen and oxygen atoms in total. The van der Waals surface area contributed by atoms with Crippen molar-refractivity contribution in [2.24, 2.45) is 11.1 Å². The van der Waals surface area contributed by atoms with E-state index in [9.17, 15) is 13.6 Å². The summed E-state index contributed by atoms with van der Waals surface area (Å²) in [6.45, 7) is 0.475. The second-order valence-corrected chi connectivity index (χ2v) is 4.79. The van der Waals surface area contributed by atoms with Crippen LogP contribution in [-0.4, -0.2) is 12.3 Å². The van der Waals surface area contributed by atoms with Crippen molar-refractivity contribution in [2.75, 3.05) is 6.54 Å². The second kappa shape index (κ2) is 4.53. The number of halogens is 2. The van der Waals surface area contributed by atoms with E-state index in [1.54, 1.807) is 0 Å². The molecule has 2 N–H and O–H groups in total. The molecule has 0 aliphatic heterocycles. The van der Waals surface area contributed by atoms with Crippen LogP contribution in [0.2, 0.25) is 0 Å². The Morgan fingerprint density at radius 3 is 2.47 bits per heavy atom. The maximum atomic E-state index is 13.0. The van der Waals surface area contributed by atoms with Crippen molar-refractivity contribution in [1.82, 2.24) is 0 Å². The third-order valence-corrected chi connectivity index (χ3v) is 3.62. The van der Waals surface area contributed by atoms with E-state index in [-0.39, 0.29) is 16.8 Å². The average Bonchev–Trinajstić information content (AvgIpc) is 2.27. The highest BCUT2D eigenvalue weighted by Crippen LogP contribution is 2.43. The number of Topliss-reactive ketones (excluding diaryl/α,β-unsaturated/α-hetero) is 1. The normalized spacial score (nSPS) is 17.6. The van der Waals surface area contributed by atoms with Gasteiger partial charge in [-0.25, -0.2) is 8.78 Å². The van der Waals surface area contributed by atoms with Crippen molar-refractivity contribution < 1.29 is 13.6 Å². The Hall–Kier alpha value is -1.29. The molecular weight excluding hydrogens is 224 g/mol. The van der Waals surface area contributed by atoms with Gasteiger partial charge in [0.2, 0.25) is 0 Å². The Morgan fingerprint density at radius 2 is 2.00 bits per heavy atom. The Balaban J connectivity index is 2.11. The first-order chi connectivity index (χ1) is 8.06. The molecule has 1 fully saturated rings. The first-order valence-electron chi connectivity index (χ1n) is 5.75. The Morgan fingerprint density at radius 1 is 1.29 bits per heavy atom. The van der Waals surface area contributed by atoms with E-state index < -0.39 is 11.6 Å². The minimum Gasteiger partial charge on any atom is -0.330 e. The first kappa shape index (κ1) is 12.2. The van der Waals surface area contributed by atoms with Crippen molar-refractivity contribution in [3.05, 3.63) is 35.4 Å². The molecule has 0 spiro atoms. The summed E-state index contributed by atoms with van der Waals surface area (Å²) < 4.78 is 25.7. The van der Waals surface area contributed by atoms with E-state index in [0.717, 1.165) is 31.4 Å². The number of carbonyl (C=O) groups is 1. The minimum atomic E-state index is -0.980. The number of nitrogens with two attached hydrogens (primary N) is 1. The van der Waals surface area contributed by atoms with Gasteiger partial charge >= 0.3 is 0 Å². The number of hydrogen-bond acceptors (Lipinski definition) is 2. The zero-order valence-electron chi connectivity index (χ0n) is 9.51. The maximum Gasteiger partial charge on any atom is 0.163 e. The molecule has 0 saturated heterocycles. The number of ketones is 1. The molecule has 1 aliphatic carbocycles. The van der Waals surface area contributed by atoms with E-state index in [2.05, 4.69) is 0 Å². The monoisotopic (exact) mass is 239 g/mol. The number of rotatable bonds is 4. The molecule has 1 aromatic carbocycles. The fraction of sp³-hybridized carbons (Fsp3) is 0.462. The van der Waals surface area contributed by atoms with Crippen molar-refractivity contribution in [2.45, 2.75) is 25.7 Å². The topological polar surface area (TPSA) is 43.1 Å². The molecule has 0 radical (unpaired) electrons. The lowest BCUT2D eigenvalue weighted by atomic mass is 9.65. The minimum absolute atomic E-state index is 0.109. The molecule has 2 rings (SSSR count). The largest absolute Gasteiger partial charge is 0.330 e. The summed E-state index contributed by atoms with van der Waals surface area (Å²) >= 11 is 0. The van der Waals surface area contributed by atoms with Gasteiger partial charge in [-0.1, -0.05) is 6.42 Å². The highest BCUT2D eigenvalue weighted by Gasteiger charge is 2.37.